The Labute approximate surface area is 112 Å². The number of nitrogens with one attached hydrogen (secondary N) is 1. The quantitative estimate of drug-likeness (QED) is 0.861. The first-order valence-electron chi connectivity index (χ1n) is 6.79. The van der Waals surface area contributed by atoms with Crippen LogP contribution < -0.4 is 5.32 Å². The van der Waals surface area contributed by atoms with Crippen molar-refractivity contribution in [2.45, 2.75) is 38.8 Å². The molecule has 102 valence electrons. The topological polar surface area (TPSA) is 62.5 Å². The lowest BCUT2D eigenvalue weighted by Gasteiger charge is -2.49. The molecule has 0 radical (unpaired) electrons. The summed E-state index contributed by atoms with van der Waals surface area (Å²) in [6.45, 7) is 5.06. The van der Waals surface area contributed by atoms with Gasteiger partial charge in [0.05, 0.1) is 6.10 Å². The summed E-state index contributed by atoms with van der Waals surface area (Å²) in [5.74, 6) is 0.973. The van der Waals surface area contributed by atoms with Crippen LogP contribution in [0.4, 0.5) is 0 Å². The summed E-state index contributed by atoms with van der Waals surface area (Å²) in [6, 6.07) is 6.29. The monoisotopic (exact) mass is 260 g/mol. The number of aliphatic hydroxyl groups is 1. The van der Waals surface area contributed by atoms with Crippen LogP contribution in [-0.4, -0.2) is 38.4 Å². The molecule has 2 aromatic heterocycles. The maximum Gasteiger partial charge on any atom is 0.160 e. The highest BCUT2D eigenvalue weighted by molar-refractivity contribution is 5.37. The third kappa shape index (κ3) is 2.13. The zero-order valence-corrected chi connectivity index (χ0v) is 11.4. The van der Waals surface area contributed by atoms with Crippen molar-refractivity contribution in [1.82, 2.24) is 19.9 Å². The molecule has 1 saturated carbocycles. The van der Waals surface area contributed by atoms with Crippen LogP contribution in [0.15, 0.2) is 24.4 Å². The van der Waals surface area contributed by atoms with Crippen LogP contribution in [0.5, 0.6) is 0 Å². The zero-order chi connectivity index (χ0) is 13.5. The lowest BCUT2D eigenvalue weighted by Crippen LogP contribution is -2.60. The van der Waals surface area contributed by atoms with Crippen molar-refractivity contribution in [1.29, 1.82) is 0 Å². The van der Waals surface area contributed by atoms with Crippen molar-refractivity contribution in [3.8, 4) is 0 Å². The molecular formula is C14H20N4O. The second-order valence-corrected chi connectivity index (χ2v) is 5.87. The standard InChI is InChI=1S/C14H20N4O/c1-14(2)10(9-11(14)19)15-7-6-13-17-16-12-5-3-4-8-18(12)13/h3-5,8,10-11,15,19H,6-7,9H2,1-2H3. The highest BCUT2D eigenvalue weighted by Gasteiger charge is 2.46. The second kappa shape index (κ2) is 4.58. The Bertz CT molecular complexity index is 578. The molecule has 2 atom stereocenters. The first-order chi connectivity index (χ1) is 9.09. The normalized spacial score (nSPS) is 25.4. The number of nitrogens with zero attached hydrogens (tertiary/aromatic N) is 3. The fourth-order valence-corrected chi connectivity index (χ4v) is 2.67. The van der Waals surface area contributed by atoms with Crippen LogP contribution in [0.25, 0.3) is 5.65 Å². The van der Waals surface area contributed by atoms with Gasteiger partial charge >= 0.3 is 0 Å². The third-order valence-electron chi connectivity index (χ3n) is 4.34. The Morgan fingerprint density at radius 3 is 3.00 bits per heavy atom. The zero-order valence-electron chi connectivity index (χ0n) is 11.4. The van der Waals surface area contributed by atoms with Crippen molar-refractivity contribution in [2.24, 2.45) is 5.41 Å². The predicted molar refractivity (Wildman–Crippen MR) is 72.9 cm³/mol. The lowest BCUT2D eigenvalue weighted by molar-refractivity contribution is -0.0721. The molecular weight excluding hydrogens is 240 g/mol. The van der Waals surface area contributed by atoms with E-state index in [1.165, 1.54) is 0 Å². The van der Waals surface area contributed by atoms with E-state index < -0.39 is 0 Å². The van der Waals surface area contributed by atoms with Gasteiger partial charge in [-0.15, -0.1) is 10.2 Å². The summed E-state index contributed by atoms with van der Waals surface area (Å²) in [4.78, 5) is 0. The minimum atomic E-state index is -0.182. The molecule has 3 rings (SSSR count). The van der Waals surface area contributed by atoms with E-state index in [1.807, 2.05) is 28.8 Å². The Balaban J connectivity index is 1.59. The van der Waals surface area contributed by atoms with E-state index in [4.69, 9.17) is 0 Å². The molecule has 2 N–H and O–H groups in total. The predicted octanol–water partition coefficient (Wildman–Crippen LogP) is 1.02. The van der Waals surface area contributed by atoms with E-state index in [1.54, 1.807) is 0 Å². The molecule has 0 saturated heterocycles. The first kappa shape index (κ1) is 12.6. The van der Waals surface area contributed by atoms with Gasteiger partial charge in [-0.05, 0) is 18.6 Å². The molecule has 1 aliphatic rings. The van der Waals surface area contributed by atoms with Crippen molar-refractivity contribution < 1.29 is 5.11 Å². The van der Waals surface area contributed by atoms with Gasteiger partial charge in [-0.1, -0.05) is 19.9 Å². The molecule has 5 nitrogen and oxygen atoms in total. The lowest BCUT2D eigenvalue weighted by atomic mass is 9.64. The van der Waals surface area contributed by atoms with Gasteiger partial charge in [0.2, 0.25) is 0 Å². The van der Waals surface area contributed by atoms with Gasteiger partial charge in [-0.2, -0.15) is 0 Å². The summed E-state index contributed by atoms with van der Waals surface area (Å²) in [5, 5.41) is 21.6. The van der Waals surface area contributed by atoms with E-state index in [-0.39, 0.29) is 11.5 Å². The number of rotatable bonds is 4. The van der Waals surface area contributed by atoms with E-state index >= 15 is 0 Å². The van der Waals surface area contributed by atoms with Gasteiger partial charge in [0.15, 0.2) is 5.65 Å². The molecule has 0 aromatic carbocycles. The number of hydrogen-bond acceptors (Lipinski definition) is 4. The van der Waals surface area contributed by atoms with Crippen LogP contribution in [0.3, 0.4) is 0 Å². The number of hydrogen-bond donors (Lipinski definition) is 2. The van der Waals surface area contributed by atoms with Gasteiger partial charge in [-0.25, -0.2) is 0 Å². The third-order valence-corrected chi connectivity index (χ3v) is 4.34. The minimum absolute atomic E-state index is 0.0209. The SMILES string of the molecule is CC1(C)C(O)CC1NCCc1nnc2ccccn12. The summed E-state index contributed by atoms with van der Waals surface area (Å²) in [6.07, 6.45) is 3.49. The molecule has 19 heavy (non-hydrogen) atoms. The van der Waals surface area contributed by atoms with Crippen molar-refractivity contribution in [2.75, 3.05) is 6.54 Å². The van der Waals surface area contributed by atoms with Crippen LogP contribution in [0.2, 0.25) is 0 Å². The van der Waals surface area contributed by atoms with Gasteiger partial charge in [0.1, 0.15) is 5.82 Å². The molecule has 5 heteroatoms. The molecule has 0 bridgehead atoms. The molecule has 1 aliphatic carbocycles. The van der Waals surface area contributed by atoms with Crippen molar-refractivity contribution in [3.05, 3.63) is 30.2 Å². The molecule has 0 aliphatic heterocycles. The van der Waals surface area contributed by atoms with Crippen LogP contribution in [0.1, 0.15) is 26.1 Å². The molecule has 1 fully saturated rings. The smallest absolute Gasteiger partial charge is 0.160 e. The largest absolute Gasteiger partial charge is 0.392 e. The Kier molecular flexibility index (Phi) is 3.03. The van der Waals surface area contributed by atoms with E-state index in [0.29, 0.717) is 6.04 Å². The highest BCUT2D eigenvalue weighted by atomic mass is 16.3. The minimum Gasteiger partial charge on any atom is -0.392 e. The summed E-state index contributed by atoms with van der Waals surface area (Å²) >= 11 is 0. The summed E-state index contributed by atoms with van der Waals surface area (Å²) in [5.41, 5.74) is 0.865. The van der Waals surface area contributed by atoms with E-state index in [9.17, 15) is 5.11 Å². The average Bonchev–Trinajstić information content (AvgIpc) is 2.81. The van der Waals surface area contributed by atoms with Gasteiger partial charge in [0, 0.05) is 30.6 Å². The number of pyridine rings is 1. The average molecular weight is 260 g/mol. The van der Waals surface area contributed by atoms with Crippen LogP contribution in [-0.2, 0) is 6.42 Å². The Morgan fingerprint density at radius 2 is 2.26 bits per heavy atom. The molecule has 0 amide bonds. The summed E-state index contributed by atoms with van der Waals surface area (Å²) < 4.78 is 2.02. The van der Waals surface area contributed by atoms with Crippen LogP contribution in [0, 0.1) is 5.41 Å². The maximum absolute atomic E-state index is 9.70. The van der Waals surface area contributed by atoms with Gasteiger partial charge in [-0.3, -0.25) is 4.40 Å². The first-order valence-corrected chi connectivity index (χ1v) is 6.79. The fraction of sp³-hybridized carbons (Fsp3) is 0.571. The van der Waals surface area contributed by atoms with Gasteiger partial charge in [0.25, 0.3) is 0 Å². The molecule has 2 unspecified atom stereocenters. The van der Waals surface area contributed by atoms with E-state index in [0.717, 1.165) is 30.9 Å². The summed E-state index contributed by atoms with van der Waals surface area (Å²) in [7, 11) is 0. The van der Waals surface area contributed by atoms with Gasteiger partial charge < -0.3 is 10.4 Å². The highest BCUT2D eigenvalue weighted by Crippen LogP contribution is 2.40. The molecule has 2 heterocycles. The number of aliphatic hydroxyl groups excluding tert-OH is 1. The maximum atomic E-state index is 9.70. The Morgan fingerprint density at radius 1 is 1.42 bits per heavy atom. The number of fused-ring (bicyclic) bond motifs is 1. The fourth-order valence-electron chi connectivity index (χ4n) is 2.67. The van der Waals surface area contributed by atoms with Crippen molar-refractivity contribution >= 4 is 5.65 Å². The molecule has 2 aromatic rings. The van der Waals surface area contributed by atoms with Crippen LogP contribution >= 0.6 is 0 Å². The number of aromatic nitrogens is 3. The van der Waals surface area contributed by atoms with E-state index in [2.05, 4.69) is 29.4 Å². The molecule has 0 spiro atoms. The van der Waals surface area contributed by atoms with Crippen molar-refractivity contribution in [3.63, 3.8) is 0 Å². The Hall–Kier alpha value is -1.46. The second-order valence-electron chi connectivity index (χ2n) is 5.87.